The molecule has 0 bridgehead atoms. The summed E-state index contributed by atoms with van der Waals surface area (Å²) in [6.07, 6.45) is 2.61. The summed E-state index contributed by atoms with van der Waals surface area (Å²) in [6, 6.07) is 8.24. The van der Waals surface area contributed by atoms with Gasteiger partial charge in [0.1, 0.15) is 0 Å². The normalized spacial score (nSPS) is 18.7. The molecule has 0 spiro atoms. The van der Waals surface area contributed by atoms with Crippen molar-refractivity contribution in [1.29, 1.82) is 0 Å². The number of para-hydroxylation sites is 1. The Kier molecular flexibility index (Phi) is 5.88. The highest BCUT2D eigenvalue weighted by Gasteiger charge is 2.25. The molecular formula is C19H27N5O2. The van der Waals surface area contributed by atoms with Crippen LogP contribution in [0.25, 0.3) is 0 Å². The molecule has 0 saturated carbocycles. The fourth-order valence-corrected chi connectivity index (χ4v) is 3.33. The van der Waals surface area contributed by atoms with Gasteiger partial charge >= 0.3 is 0 Å². The van der Waals surface area contributed by atoms with Gasteiger partial charge in [-0.2, -0.15) is 4.98 Å². The molecule has 3 rings (SSSR count). The first-order chi connectivity index (χ1) is 12.6. The van der Waals surface area contributed by atoms with E-state index in [0.717, 1.165) is 37.3 Å². The molecule has 1 aliphatic rings. The summed E-state index contributed by atoms with van der Waals surface area (Å²) in [5.41, 5.74) is 7.85. The van der Waals surface area contributed by atoms with Crippen LogP contribution < -0.4 is 16.0 Å². The van der Waals surface area contributed by atoms with E-state index < -0.39 is 0 Å². The van der Waals surface area contributed by atoms with Crippen LogP contribution in [-0.2, 0) is 17.8 Å². The molecule has 2 unspecified atom stereocenters. The number of hydrogen-bond acceptors (Lipinski definition) is 6. The number of hydrogen-bond donors (Lipinski definition) is 2. The van der Waals surface area contributed by atoms with Gasteiger partial charge < -0.3 is 20.5 Å². The maximum absolute atomic E-state index is 11.6. The first-order valence-corrected chi connectivity index (χ1v) is 9.26. The van der Waals surface area contributed by atoms with Gasteiger partial charge in [-0.3, -0.25) is 4.79 Å². The molecule has 1 saturated heterocycles. The van der Waals surface area contributed by atoms with E-state index in [2.05, 4.69) is 32.5 Å². The molecule has 1 aromatic heterocycles. The summed E-state index contributed by atoms with van der Waals surface area (Å²) in [5.74, 6) is 1.04. The lowest BCUT2D eigenvalue weighted by Gasteiger charge is -2.34. The van der Waals surface area contributed by atoms with Gasteiger partial charge in [-0.25, -0.2) is 0 Å². The molecule has 2 atom stereocenters. The number of aromatic nitrogens is 2. The highest BCUT2D eigenvalue weighted by Crippen LogP contribution is 2.27. The van der Waals surface area contributed by atoms with Crippen molar-refractivity contribution in [1.82, 2.24) is 15.5 Å². The average Bonchev–Trinajstić information content (AvgIpc) is 3.16. The van der Waals surface area contributed by atoms with Gasteiger partial charge in [0.2, 0.25) is 11.8 Å². The largest absolute Gasteiger partial charge is 0.370 e. The molecular weight excluding hydrogens is 330 g/mol. The lowest BCUT2D eigenvalue weighted by atomic mass is 9.96. The van der Waals surface area contributed by atoms with E-state index in [1.807, 2.05) is 26.0 Å². The Morgan fingerprint density at radius 1 is 1.46 bits per heavy atom. The predicted octanol–water partition coefficient (Wildman–Crippen LogP) is 2.18. The fourth-order valence-electron chi connectivity index (χ4n) is 3.33. The van der Waals surface area contributed by atoms with E-state index in [0.29, 0.717) is 19.0 Å². The van der Waals surface area contributed by atoms with Gasteiger partial charge in [-0.1, -0.05) is 30.3 Å². The number of amides is 1. The summed E-state index contributed by atoms with van der Waals surface area (Å²) in [4.78, 5) is 18.2. The smallest absolute Gasteiger partial charge is 0.243 e. The van der Waals surface area contributed by atoms with E-state index in [1.54, 1.807) is 0 Å². The lowest BCUT2D eigenvalue weighted by molar-refractivity contribution is -0.122. The lowest BCUT2D eigenvalue weighted by Crippen LogP contribution is -2.41. The second kappa shape index (κ2) is 8.31. The highest BCUT2D eigenvalue weighted by atomic mass is 16.5. The molecule has 1 aliphatic heterocycles. The molecule has 7 nitrogen and oxygen atoms in total. The van der Waals surface area contributed by atoms with Crippen molar-refractivity contribution < 1.29 is 9.32 Å². The van der Waals surface area contributed by atoms with Crippen LogP contribution >= 0.6 is 0 Å². The highest BCUT2D eigenvalue weighted by molar-refractivity contribution is 5.77. The van der Waals surface area contributed by atoms with E-state index in [1.165, 1.54) is 5.56 Å². The number of carbonyl (C=O) groups is 1. The molecule has 140 valence electrons. The summed E-state index contributed by atoms with van der Waals surface area (Å²) < 4.78 is 5.31. The molecule has 0 aliphatic carbocycles. The van der Waals surface area contributed by atoms with Crippen LogP contribution in [0.5, 0.6) is 0 Å². The van der Waals surface area contributed by atoms with Crippen molar-refractivity contribution in [3.8, 4) is 0 Å². The Balaban J connectivity index is 1.68. The Bertz CT molecular complexity index is 745. The monoisotopic (exact) mass is 357 g/mol. The first-order valence-electron chi connectivity index (χ1n) is 9.26. The zero-order valence-corrected chi connectivity index (χ0v) is 15.4. The summed E-state index contributed by atoms with van der Waals surface area (Å²) >= 11 is 0. The van der Waals surface area contributed by atoms with E-state index in [4.69, 9.17) is 10.3 Å². The molecule has 2 heterocycles. The number of piperidine rings is 1. The number of primary amides is 1. The SMILES string of the molecule is CCc1noc(C(C)NCc2ccccc2N2CCCC(C(N)=O)C2)n1. The van der Waals surface area contributed by atoms with Crippen LogP contribution in [-0.4, -0.2) is 29.1 Å². The Hall–Kier alpha value is -2.41. The van der Waals surface area contributed by atoms with Gasteiger partial charge in [0.25, 0.3) is 0 Å². The number of aryl methyl sites for hydroxylation is 1. The maximum Gasteiger partial charge on any atom is 0.243 e. The second-order valence-electron chi connectivity index (χ2n) is 6.82. The van der Waals surface area contributed by atoms with Crippen molar-refractivity contribution in [3.63, 3.8) is 0 Å². The number of nitrogens with two attached hydrogens (primary N) is 1. The zero-order valence-electron chi connectivity index (χ0n) is 15.4. The predicted molar refractivity (Wildman–Crippen MR) is 99.5 cm³/mol. The molecule has 7 heteroatoms. The number of nitrogens with zero attached hydrogens (tertiary/aromatic N) is 3. The maximum atomic E-state index is 11.6. The standard InChI is InChI=1S/C19H27N5O2/c1-3-17-22-19(26-23-17)13(2)21-11-14-7-4-5-9-16(14)24-10-6-8-15(12-24)18(20)25/h4-5,7,9,13,15,21H,3,6,8,10-12H2,1-2H3,(H2,20,25). The van der Waals surface area contributed by atoms with Gasteiger partial charge in [0.15, 0.2) is 5.82 Å². The van der Waals surface area contributed by atoms with Crippen molar-refractivity contribution >= 4 is 11.6 Å². The number of anilines is 1. The Morgan fingerprint density at radius 2 is 2.27 bits per heavy atom. The minimum atomic E-state index is -0.206. The van der Waals surface area contributed by atoms with Gasteiger partial charge in [-0.05, 0) is 31.4 Å². The molecule has 0 radical (unpaired) electrons. The van der Waals surface area contributed by atoms with Gasteiger partial charge in [-0.15, -0.1) is 0 Å². The van der Waals surface area contributed by atoms with Crippen LogP contribution in [0.2, 0.25) is 0 Å². The zero-order chi connectivity index (χ0) is 18.5. The van der Waals surface area contributed by atoms with E-state index in [9.17, 15) is 4.79 Å². The Morgan fingerprint density at radius 3 is 3.00 bits per heavy atom. The van der Waals surface area contributed by atoms with Gasteiger partial charge in [0.05, 0.1) is 12.0 Å². The second-order valence-corrected chi connectivity index (χ2v) is 6.82. The summed E-state index contributed by atoms with van der Waals surface area (Å²) in [7, 11) is 0. The quantitative estimate of drug-likeness (QED) is 0.788. The van der Waals surface area contributed by atoms with Crippen molar-refractivity contribution in [3.05, 3.63) is 41.5 Å². The molecule has 1 fully saturated rings. The summed E-state index contributed by atoms with van der Waals surface area (Å²) in [5, 5.41) is 7.40. The number of rotatable bonds is 7. The molecule has 1 amide bonds. The third-order valence-electron chi connectivity index (χ3n) is 4.93. The molecule has 2 aromatic rings. The first kappa shape index (κ1) is 18.4. The molecule has 1 aromatic carbocycles. The Labute approximate surface area is 153 Å². The van der Waals surface area contributed by atoms with Crippen LogP contribution in [0, 0.1) is 5.92 Å². The minimum Gasteiger partial charge on any atom is -0.370 e. The fraction of sp³-hybridized carbons (Fsp3) is 0.526. The van der Waals surface area contributed by atoms with Crippen molar-refractivity contribution in [2.75, 3.05) is 18.0 Å². The van der Waals surface area contributed by atoms with Crippen LogP contribution in [0.4, 0.5) is 5.69 Å². The van der Waals surface area contributed by atoms with Gasteiger partial charge in [0, 0.05) is 31.7 Å². The minimum absolute atomic E-state index is 0.0319. The average molecular weight is 357 g/mol. The molecule has 3 N–H and O–H groups in total. The number of carbonyl (C=O) groups excluding carboxylic acids is 1. The molecule has 26 heavy (non-hydrogen) atoms. The van der Waals surface area contributed by atoms with Crippen LogP contribution in [0.3, 0.4) is 0 Å². The van der Waals surface area contributed by atoms with Crippen molar-refractivity contribution in [2.24, 2.45) is 11.7 Å². The van der Waals surface area contributed by atoms with E-state index in [-0.39, 0.29) is 17.9 Å². The third kappa shape index (κ3) is 4.22. The topological polar surface area (TPSA) is 97.3 Å². The third-order valence-corrected chi connectivity index (χ3v) is 4.93. The number of benzene rings is 1. The number of nitrogens with one attached hydrogen (secondary N) is 1. The van der Waals surface area contributed by atoms with Crippen molar-refractivity contribution in [2.45, 2.75) is 45.7 Å². The van der Waals surface area contributed by atoms with Crippen LogP contribution in [0.1, 0.15) is 50.0 Å². The summed E-state index contributed by atoms with van der Waals surface area (Å²) in [6.45, 7) is 6.32. The van der Waals surface area contributed by atoms with Crippen LogP contribution in [0.15, 0.2) is 28.8 Å². The van der Waals surface area contributed by atoms with E-state index >= 15 is 0 Å².